The maximum atomic E-state index is 13.3. The molecule has 1 amide bonds. The van der Waals surface area contributed by atoms with E-state index in [1.165, 1.54) is 17.1 Å². The SMILES string of the molecule is Cn1cc(C2CCCCCN2C(=O)c2ccc(Cn3cc([N+](=O)[O-])cn3)cc2)cn1. The van der Waals surface area contributed by atoms with Crippen molar-refractivity contribution in [1.29, 1.82) is 0 Å². The Morgan fingerprint density at radius 3 is 2.60 bits per heavy atom. The van der Waals surface area contributed by atoms with Gasteiger partial charge in [-0.2, -0.15) is 10.2 Å². The van der Waals surface area contributed by atoms with E-state index in [0.29, 0.717) is 12.1 Å². The van der Waals surface area contributed by atoms with Gasteiger partial charge >= 0.3 is 5.69 Å². The van der Waals surface area contributed by atoms with Gasteiger partial charge in [0.15, 0.2) is 0 Å². The number of nitrogens with zero attached hydrogens (tertiary/aromatic N) is 6. The Hall–Kier alpha value is -3.49. The minimum Gasteiger partial charge on any atom is -0.331 e. The third kappa shape index (κ3) is 4.24. The summed E-state index contributed by atoms with van der Waals surface area (Å²) < 4.78 is 3.29. The monoisotopic (exact) mass is 408 g/mol. The highest BCUT2D eigenvalue weighted by Crippen LogP contribution is 2.31. The van der Waals surface area contributed by atoms with Crippen LogP contribution in [0.5, 0.6) is 0 Å². The van der Waals surface area contributed by atoms with Crippen molar-refractivity contribution in [3.05, 3.63) is 75.9 Å². The summed E-state index contributed by atoms with van der Waals surface area (Å²) in [6, 6.07) is 7.43. The molecule has 1 fully saturated rings. The Bertz CT molecular complexity index is 1040. The molecule has 0 bridgehead atoms. The molecule has 9 nitrogen and oxygen atoms in total. The lowest BCUT2D eigenvalue weighted by molar-refractivity contribution is -0.385. The average Bonchev–Trinajstić information content (AvgIpc) is 3.31. The van der Waals surface area contributed by atoms with Crippen LogP contribution in [-0.2, 0) is 13.6 Å². The number of rotatable bonds is 5. The van der Waals surface area contributed by atoms with Crippen molar-refractivity contribution in [2.45, 2.75) is 38.3 Å². The lowest BCUT2D eigenvalue weighted by Crippen LogP contribution is -2.34. The van der Waals surface area contributed by atoms with Crippen molar-refractivity contribution in [2.75, 3.05) is 6.54 Å². The van der Waals surface area contributed by atoms with Gasteiger partial charge in [-0.3, -0.25) is 24.3 Å². The summed E-state index contributed by atoms with van der Waals surface area (Å²) in [5.74, 6) is 0.0204. The number of carbonyl (C=O) groups is 1. The number of aromatic nitrogens is 4. The van der Waals surface area contributed by atoms with Crippen molar-refractivity contribution in [1.82, 2.24) is 24.5 Å². The van der Waals surface area contributed by atoms with E-state index in [1.54, 1.807) is 4.68 Å². The summed E-state index contributed by atoms with van der Waals surface area (Å²) in [4.78, 5) is 25.6. The summed E-state index contributed by atoms with van der Waals surface area (Å²) >= 11 is 0. The zero-order valence-electron chi connectivity index (χ0n) is 16.8. The Labute approximate surface area is 174 Å². The number of aryl methyl sites for hydroxylation is 1. The zero-order valence-corrected chi connectivity index (χ0v) is 16.8. The number of likely N-dealkylation sites (tertiary alicyclic amines) is 1. The van der Waals surface area contributed by atoms with E-state index in [1.807, 2.05) is 48.6 Å². The van der Waals surface area contributed by atoms with E-state index in [0.717, 1.165) is 43.4 Å². The quantitative estimate of drug-likeness (QED) is 0.476. The topological polar surface area (TPSA) is 99.1 Å². The van der Waals surface area contributed by atoms with E-state index < -0.39 is 4.92 Å². The molecule has 1 unspecified atom stereocenters. The third-order valence-electron chi connectivity index (χ3n) is 5.50. The molecule has 1 aliphatic heterocycles. The molecule has 0 saturated carbocycles. The molecule has 0 aliphatic carbocycles. The normalized spacial score (nSPS) is 17.0. The molecule has 3 heterocycles. The smallest absolute Gasteiger partial charge is 0.307 e. The van der Waals surface area contributed by atoms with Gasteiger partial charge < -0.3 is 4.90 Å². The number of hydrogen-bond acceptors (Lipinski definition) is 5. The van der Waals surface area contributed by atoms with Crippen LogP contribution in [-0.4, -0.2) is 41.8 Å². The van der Waals surface area contributed by atoms with Crippen LogP contribution in [0, 0.1) is 10.1 Å². The fourth-order valence-corrected chi connectivity index (χ4v) is 3.95. The molecule has 1 aromatic carbocycles. The maximum absolute atomic E-state index is 13.3. The van der Waals surface area contributed by atoms with Crippen molar-refractivity contribution >= 4 is 11.6 Å². The van der Waals surface area contributed by atoms with Crippen molar-refractivity contribution in [3.63, 3.8) is 0 Å². The summed E-state index contributed by atoms with van der Waals surface area (Å²) in [6.45, 7) is 1.14. The maximum Gasteiger partial charge on any atom is 0.307 e. The fourth-order valence-electron chi connectivity index (χ4n) is 3.95. The lowest BCUT2D eigenvalue weighted by atomic mass is 10.0. The first-order valence-electron chi connectivity index (χ1n) is 10.1. The van der Waals surface area contributed by atoms with Gasteiger partial charge in [0.25, 0.3) is 5.91 Å². The van der Waals surface area contributed by atoms with Crippen LogP contribution in [0.15, 0.2) is 49.1 Å². The van der Waals surface area contributed by atoms with E-state index in [-0.39, 0.29) is 17.6 Å². The van der Waals surface area contributed by atoms with E-state index in [9.17, 15) is 14.9 Å². The first kappa shape index (κ1) is 19.8. The molecule has 2 aromatic heterocycles. The van der Waals surface area contributed by atoms with E-state index in [4.69, 9.17) is 0 Å². The average molecular weight is 408 g/mol. The lowest BCUT2D eigenvalue weighted by Gasteiger charge is -2.29. The van der Waals surface area contributed by atoms with Crippen molar-refractivity contribution in [2.24, 2.45) is 7.05 Å². The van der Waals surface area contributed by atoms with Gasteiger partial charge in [0.1, 0.15) is 12.4 Å². The van der Waals surface area contributed by atoms with Crippen molar-refractivity contribution in [3.8, 4) is 0 Å². The van der Waals surface area contributed by atoms with Gasteiger partial charge in [-0.25, -0.2) is 0 Å². The predicted octanol–water partition coefficient (Wildman–Crippen LogP) is 3.33. The van der Waals surface area contributed by atoms with E-state index in [2.05, 4.69) is 10.2 Å². The Balaban J connectivity index is 1.50. The molecule has 30 heavy (non-hydrogen) atoms. The van der Waals surface area contributed by atoms with Gasteiger partial charge in [-0.15, -0.1) is 0 Å². The number of hydrogen-bond donors (Lipinski definition) is 0. The van der Waals surface area contributed by atoms with Crippen LogP contribution < -0.4 is 0 Å². The highest BCUT2D eigenvalue weighted by atomic mass is 16.6. The van der Waals surface area contributed by atoms with Crippen LogP contribution >= 0.6 is 0 Å². The largest absolute Gasteiger partial charge is 0.331 e. The van der Waals surface area contributed by atoms with Crippen LogP contribution in [0.4, 0.5) is 5.69 Å². The van der Waals surface area contributed by atoms with Crippen molar-refractivity contribution < 1.29 is 9.72 Å². The van der Waals surface area contributed by atoms with Gasteiger partial charge in [-0.1, -0.05) is 25.0 Å². The van der Waals surface area contributed by atoms with Gasteiger partial charge in [0.2, 0.25) is 0 Å². The Morgan fingerprint density at radius 1 is 1.13 bits per heavy atom. The summed E-state index contributed by atoms with van der Waals surface area (Å²) in [5.41, 5.74) is 2.60. The van der Waals surface area contributed by atoms with Crippen LogP contribution in [0.1, 0.15) is 53.2 Å². The van der Waals surface area contributed by atoms with Crippen LogP contribution in [0.3, 0.4) is 0 Å². The highest BCUT2D eigenvalue weighted by molar-refractivity contribution is 5.94. The summed E-state index contributed by atoms with van der Waals surface area (Å²) in [5, 5.41) is 19.1. The minimum atomic E-state index is -0.467. The van der Waals surface area contributed by atoms with Crippen LogP contribution in [0.25, 0.3) is 0 Å². The van der Waals surface area contributed by atoms with Gasteiger partial charge in [0.05, 0.1) is 23.7 Å². The second-order valence-electron chi connectivity index (χ2n) is 7.66. The second kappa shape index (κ2) is 8.48. The molecule has 0 radical (unpaired) electrons. The predicted molar refractivity (Wildman–Crippen MR) is 110 cm³/mol. The Morgan fingerprint density at radius 2 is 1.93 bits per heavy atom. The molecular weight excluding hydrogens is 384 g/mol. The second-order valence-corrected chi connectivity index (χ2v) is 7.66. The summed E-state index contributed by atoms with van der Waals surface area (Å²) in [6.07, 6.45) is 10.6. The van der Waals surface area contributed by atoms with Gasteiger partial charge in [0, 0.05) is 30.9 Å². The minimum absolute atomic E-state index is 0.0204. The molecule has 1 aliphatic rings. The number of benzene rings is 1. The number of nitro groups is 1. The molecular formula is C21H24N6O3. The third-order valence-corrected chi connectivity index (χ3v) is 5.50. The molecule has 9 heteroatoms. The first-order chi connectivity index (χ1) is 14.5. The summed E-state index contributed by atoms with van der Waals surface area (Å²) in [7, 11) is 1.89. The first-order valence-corrected chi connectivity index (χ1v) is 10.1. The molecule has 1 atom stereocenters. The number of carbonyl (C=O) groups excluding carboxylic acids is 1. The Kier molecular flexibility index (Phi) is 5.60. The molecule has 0 N–H and O–H groups in total. The van der Waals surface area contributed by atoms with E-state index >= 15 is 0 Å². The van der Waals surface area contributed by atoms with Crippen LogP contribution in [0.2, 0.25) is 0 Å². The zero-order chi connectivity index (χ0) is 21.1. The molecule has 4 rings (SSSR count). The highest BCUT2D eigenvalue weighted by Gasteiger charge is 2.28. The molecule has 1 saturated heterocycles. The molecule has 156 valence electrons. The van der Waals surface area contributed by atoms with Gasteiger partial charge in [-0.05, 0) is 30.5 Å². The number of amides is 1. The molecule has 3 aromatic rings. The standard InChI is InChI=1S/C21H24N6O3/c1-24-14-18(11-22-24)20-5-3-2-4-10-26(20)21(28)17-8-6-16(7-9-17)13-25-15-19(12-23-25)27(29)30/h6-9,11-12,14-15,20H,2-5,10,13H2,1H3. The fraction of sp³-hybridized carbons (Fsp3) is 0.381. The molecule has 0 spiro atoms.